The van der Waals surface area contributed by atoms with E-state index in [-0.39, 0.29) is 0 Å². The molecule has 25 heavy (non-hydrogen) atoms. The second kappa shape index (κ2) is 10.6. The van der Waals surface area contributed by atoms with Crippen LogP contribution in [0.15, 0.2) is 0 Å². The summed E-state index contributed by atoms with van der Waals surface area (Å²) in [5.41, 5.74) is 0. The van der Waals surface area contributed by atoms with E-state index in [0.29, 0.717) is 0 Å². The Morgan fingerprint density at radius 3 is 1.12 bits per heavy atom. The van der Waals surface area contributed by atoms with Crippen LogP contribution < -0.4 is 0 Å². The van der Waals surface area contributed by atoms with Crippen molar-refractivity contribution in [1.82, 2.24) is 0 Å². The monoisotopic (exact) mass is 421 g/mol. The lowest BCUT2D eigenvalue weighted by Crippen LogP contribution is -2.25. The molecule has 0 fully saturated rings. The van der Waals surface area contributed by atoms with Gasteiger partial charge in [-0.1, -0.05) is 0 Å². The molecular weight excluding hydrogens is 389 g/mol. The third-order valence-electron chi connectivity index (χ3n) is 2.48. The smallest absolute Gasteiger partial charge is 0.305 e. The Bertz CT molecular complexity index is 452. The van der Waals surface area contributed by atoms with E-state index in [1.54, 1.807) is 55.4 Å². The molecule has 0 aliphatic carbocycles. The molecule has 1 N–H and O–H groups in total. The number of rotatable bonds is 12. The summed E-state index contributed by atoms with van der Waals surface area (Å²) < 4.78 is 60.4. The van der Waals surface area contributed by atoms with Gasteiger partial charge in [-0.3, -0.25) is 9.13 Å². The third-order valence-corrected chi connectivity index (χ3v) is 10.1. The van der Waals surface area contributed by atoms with Crippen LogP contribution in [0.5, 0.6) is 0 Å². The molecule has 0 saturated carbocycles. The minimum Gasteiger partial charge on any atom is -0.305 e. The molecule has 0 aromatic carbocycles. The summed E-state index contributed by atoms with van der Waals surface area (Å²) in [7, 11) is -11.0. The predicted octanol–water partition coefficient (Wildman–Crippen LogP) is 5.13. The molecule has 11 heteroatoms. The van der Waals surface area contributed by atoms with Gasteiger partial charge in [-0.25, -0.2) is 0 Å². The largest absolute Gasteiger partial charge is 0.507 e. The van der Waals surface area contributed by atoms with Gasteiger partial charge in [0.05, 0.1) is 24.4 Å². The minimum absolute atomic E-state index is 0.518. The Kier molecular flexibility index (Phi) is 10.8. The Labute approximate surface area is 151 Å². The standard InChI is InChI=1S/C14H31O8P3/c1-10(2)19-24(17,20-11(3)4)14(9-23(15)16)25(18,21-12(5)6)22-13(7)8/h10-14H,9H2,1-8H3/p+1. The highest BCUT2D eigenvalue weighted by molar-refractivity contribution is 7.73. The van der Waals surface area contributed by atoms with Crippen molar-refractivity contribution in [1.29, 1.82) is 0 Å². The van der Waals surface area contributed by atoms with E-state index in [2.05, 4.69) is 0 Å². The van der Waals surface area contributed by atoms with Crippen LogP contribution in [0, 0.1) is 0 Å². The van der Waals surface area contributed by atoms with Crippen LogP contribution in [-0.2, 0) is 31.8 Å². The van der Waals surface area contributed by atoms with E-state index in [1.807, 2.05) is 0 Å². The van der Waals surface area contributed by atoms with Crippen molar-refractivity contribution in [3.8, 4) is 0 Å². The molecule has 0 heterocycles. The number of hydrogen-bond acceptors (Lipinski definition) is 7. The zero-order valence-electron chi connectivity index (χ0n) is 16.2. The van der Waals surface area contributed by atoms with Crippen molar-refractivity contribution < 1.29 is 36.7 Å². The quantitative estimate of drug-likeness (QED) is 0.432. The summed E-state index contributed by atoms with van der Waals surface area (Å²) in [6.07, 6.45) is -2.65. The van der Waals surface area contributed by atoms with E-state index in [1.165, 1.54) is 0 Å². The maximum absolute atomic E-state index is 13.5. The zero-order chi connectivity index (χ0) is 20.0. The molecule has 1 unspecified atom stereocenters. The first-order valence-electron chi connectivity index (χ1n) is 8.28. The van der Waals surface area contributed by atoms with Crippen LogP contribution >= 0.6 is 23.2 Å². The molecule has 0 radical (unpaired) electrons. The van der Waals surface area contributed by atoms with Crippen LogP contribution in [0.25, 0.3) is 0 Å². The van der Waals surface area contributed by atoms with E-state index in [4.69, 9.17) is 18.1 Å². The predicted molar refractivity (Wildman–Crippen MR) is 98.6 cm³/mol. The first kappa shape index (κ1) is 25.4. The molecule has 0 amide bonds. The molecule has 0 aliphatic rings. The highest BCUT2D eigenvalue weighted by Gasteiger charge is 2.56. The van der Waals surface area contributed by atoms with Gasteiger partial charge in [-0.05, 0) is 60.0 Å². The molecule has 0 saturated heterocycles. The molecule has 150 valence electrons. The molecular formula is C14H32O8P3+. The Morgan fingerprint density at radius 1 is 0.720 bits per heavy atom. The van der Waals surface area contributed by atoms with E-state index >= 15 is 0 Å². The zero-order valence-corrected chi connectivity index (χ0v) is 18.9. The fourth-order valence-electron chi connectivity index (χ4n) is 2.02. The highest BCUT2D eigenvalue weighted by Crippen LogP contribution is 2.72. The van der Waals surface area contributed by atoms with Crippen LogP contribution in [0.1, 0.15) is 55.4 Å². The lowest BCUT2D eigenvalue weighted by atomic mass is 10.5. The van der Waals surface area contributed by atoms with Crippen LogP contribution in [0.3, 0.4) is 0 Å². The molecule has 0 aromatic heterocycles. The topological polar surface area (TPSA) is 108 Å². The second-order valence-corrected chi connectivity index (χ2v) is 12.4. The van der Waals surface area contributed by atoms with Gasteiger partial charge in [0, 0.05) is 0 Å². The van der Waals surface area contributed by atoms with E-state index < -0.39 is 59.2 Å². The van der Waals surface area contributed by atoms with Gasteiger partial charge in [0.1, 0.15) is 0 Å². The normalized spacial score (nSPS) is 14.4. The molecule has 1 atom stereocenters. The first-order valence-corrected chi connectivity index (χ1v) is 12.9. The average molecular weight is 421 g/mol. The minimum atomic E-state index is -4.09. The summed E-state index contributed by atoms with van der Waals surface area (Å²) in [6.45, 7) is 13.1. The van der Waals surface area contributed by atoms with Crippen LogP contribution in [0.2, 0.25) is 0 Å². The Balaban J connectivity index is 6.22. The van der Waals surface area contributed by atoms with Crippen LogP contribution in [0.4, 0.5) is 0 Å². The molecule has 0 aliphatic heterocycles. The lowest BCUT2D eigenvalue weighted by molar-refractivity contribution is 0.124. The Morgan fingerprint density at radius 2 is 0.960 bits per heavy atom. The van der Waals surface area contributed by atoms with E-state index in [9.17, 15) is 18.6 Å². The fraction of sp³-hybridized carbons (Fsp3) is 1.00. The summed E-state index contributed by atoms with van der Waals surface area (Å²) in [4.78, 5) is 9.43. The molecule has 8 nitrogen and oxygen atoms in total. The van der Waals surface area contributed by atoms with Crippen molar-refractivity contribution in [3.05, 3.63) is 0 Å². The van der Waals surface area contributed by atoms with Crippen molar-refractivity contribution in [3.63, 3.8) is 0 Å². The van der Waals surface area contributed by atoms with Crippen LogP contribution in [-0.4, -0.2) is 40.9 Å². The summed E-state index contributed by atoms with van der Waals surface area (Å²) in [5, 5.41) is -1.50. The Hall–Kier alpha value is 0.360. The third kappa shape index (κ3) is 9.21. The van der Waals surface area contributed by atoms with Crippen molar-refractivity contribution in [2.24, 2.45) is 0 Å². The average Bonchev–Trinajstić information content (AvgIpc) is 2.30. The summed E-state index contributed by atoms with van der Waals surface area (Å²) in [5.74, 6) is 0. The van der Waals surface area contributed by atoms with Gasteiger partial charge in [0.2, 0.25) is 11.6 Å². The van der Waals surface area contributed by atoms with E-state index in [0.717, 1.165) is 0 Å². The molecule has 0 aromatic rings. The maximum Gasteiger partial charge on any atom is 0.507 e. The first-order chi connectivity index (χ1) is 11.2. The van der Waals surface area contributed by atoms with Gasteiger partial charge >= 0.3 is 23.2 Å². The highest BCUT2D eigenvalue weighted by atomic mass is 31.2. The maximum atomic E-state index is 13.5. The number of hydrogen-bond donors (Lipinski definition) is 1. The van der Waals surface area contributed by atoms with Crippen molar-refractivity contribution >= 4 is 23.2 Å². The van der Waals surface area contributed by atoms with Gasteiger partial charge in [-0.2, -0.15) is 4.89 Å². The van der Waals surface area contributed by atoms with Crippen molar-refractivity contribution in [2.45, 2.75) is 85.2 Å². The van der Waals surface area contributed by atoms with Gasteiger partial charge in [0.25, 0.3) is 0 Å². The molecule has 0 bridgehead atoms. The van der Waals surface area contributed by atoms with Gasteiger partial charge in [0.15, 0.2) is 0 Å². The van der Waals surface area contributed by atoms with Crippen molar-refractivity contribution in [2.75, 3.05) is 6.16 Å². The molecule has 0 rings (SSSR count). The molecule has 0 spiro atoms. The second-order valence-electron chi connectivity index (χ2n) is 6.71. The summed E-state index contributed by atoms with van der Waals surface area (Å²) >= 11 is 0. The summed E-state index contributed by atoms with van der Waals surface area (Å²) in [6, 6.07) is 0. The lowest BCUT2D eigenvalue weighted by Gasteiger charge is -2.33. The van der Waals surface area contributed by atoms with Gasteiger partial charge in [-0.15, -0.1) is 0 Å². The fourth-order valence-corrected chi connectivity index (χ4v) is 9.79. The SMILES string of the molecule is CC(C)OP(=O)(OC(C)C)C(C[P+](=O)O)P(=O)(OC(C)C)OC(C)C. The van der Waals surface area contributed by atoms with Gasteiger partial charge < -0.3 is 18.1 Å².